The van der Waals surface area contributed by atoms with Crippen LogP contribution in [0.2, 0.25) is 0 Å². The molecule has 1 atom stereocenters. The number of amidine groups is 1. The maximum atomic E-state index is 12.3. The Bertz CT molecular complexity index is 498. The Morgan fingerprint density at radius 2 is 2.10 bits per heavy atom. The Morgan fingerprint density at radius 1 is 1.40 bits per heavy atom. The number of piperidine rings is 1. The first kappa shape index (κ1) is 14.2. The lowest BCUT2D eigenvalue weighted by molar-refractivity contribution is 0.183. The third kappa shape index (κ3) is 3.20. The zero-order chi connectivity index (χ0) is 14.5. The third-order valence-corrected chi connectivity index (χ3v) is 3.52. The summed E-state index contributed by atoms with van der Waals surface area (Å²) in [5, 5.41) is 14.7. The van der Waals surface area contributed by atoms with Gasteiger partial charge in [-0.2, -0.15) is 0 Å². The van der Waals surface area contributed by atoms with Gasteiger partial charge in [0, 0.05) is 12.2 Å². The number of nitrogens with zero attached hydrogens (tertiary/aromatic N) is 2. The fourth-order valence-corrected chi connectivity index (χ4v) is 2.38. The number of benzene rings is 1. The molecule has 0 aliphatic carbocycles. The first-order valence-electron chi connectivity index (χ1n) is 6.73. The van der Waals surface area contributed by atoms with Crippen LogP contribution in [0.25, 0.3) is 0 Å². The molecule has 2 rings (SSSR count). The van der Waals surface area contributed by atoms with Gasteiger partial charge in [0.15, 0.2) is 5.84 Å². The fraction of sp³-hybridized carbons (Fsp3) is 0.429. The van der Waals surface area contributed by atoms with Crippen LogP contribution in [0.1, 0.15) is 24.8 Å². The van der Waals surface area contributed by atoms with Crippen LogP contribution in [0.4, 0.5) is 10.5 Å². The lowest BCUT2D eigenvalue weighted by Crippen LogP contribution is -2.52. The quantitative estimate of drug-likeness (QED) is 0.334. The zero-order valence-corrected chi connectivity index (χ0v) is 11.5. The molecule has 4 N–H and O–H groups in total. The van der Waals surface area contributed by atoms with E-state index < -0.39 is 0 Å². The topological polar surface area (TPSA) is 91.0 Å². The summed E-state index contributed by atoms with van der Waals surface area (Å²) in [6.07, 6.45) is 2.61. The monoisotopic (exact) mass is 276 g/mol. The molecule has 20 heavy (non-hydrogen) atoms. The summed E-state index contributed by atoms with van der Waals surface area (Å²) in [4.78, 5) is 13.9. The van der Waals surface area contributed by atoms with Gasteiger partial charge >= 0.3 is 6.03 Å². The lowest BCUT2D eigenvalue weighted by Gasteiger charge is -2.34. The maximum Gasteiger partial charge on any atom is 0.322 e. The molecule has 1 aromatic rings. The van der Waals surface area contributed by atoms with Crippen LogP contribution >= 0.6 is 0 Å². The van der Waals surface area contributed by atoms with Crippen molar-refractivity contribution >= 4 is 17.6 Å². The molecule has 1 heterocycles. The molecule has 0 radical (unpaired) electrons. The number of urea groups is 1. The second-order valence-corrected chi connectivity index (χ2v) is 5.03. The van der Waals surface area contributed by atoms with Gasteiger partial charge < -0.3 is 21.2 Å². The molecular formula is C14H20N4O2. The predicted molar refractivity (Wildman–Crippen MR) is 78.0 cm³/mol. The van der Waals surface area contributed by atoms with Gasteiger partial charge in [-0.25, -0.2) is 4.79 Å². The van der Waals surface area contributed by atoms with Gasteiger partial charge in [-0.15, -0.1) is 0 Å². The van der Waals surface area contributed by atoms with Crippen molar-refractivity contribution in [3.8, 4) is 0 Å². The number of rotatable bonds is 2. The molecule has 0 bridgehead atoms. The smallest absolute Gasteiger partial charge is 0.322 e. The number of oxime groups is 1. The number of anilines is 1. The molecule has 6 nitrogen and oxygen atoms in total. The Hall–Kier alpha value is -2.24. The molecule has 0 aromatic heterocycles. The average Bonchev–Trinajstić information content (AvgIpc) is 2.48. The van der Waals surface area contributed by atoms with E-state index in [4.69, 9.17) is 10.9 Å². The van der Waals surface area contributed by atoms with E-state index in [1.165, 1.54) is 0 Å². The summed E-state index contributed by atoms with van der Waals surface area (Å²) in [6, 6.07) is 7.04. The summed E-state index contributed by atoms with van der Waals surface area (Å²) in [6.45, 7) is 2.60. The second-order valence-electron chi connectivity index (χ2n) is 5.03. The maximum absolute atomic E-state index is 12.3. The highest BCUT2D eigenvalue weighted by Crippen LogP contribution is 2.19. The van der Waals surface area contributed by atoms with Gasteiger partial charge in [-0.05, 0) is 38.3 Å². The number of nitrogens with two attached hydrogens (primary N) is 1. The highest BCUT2D eigenvalue weighted by molar-refractivity contribution is 5.95. The molecular weight excluding hydrogens is 256 g/mol. The Balaban J connectivity index is 2.08. The van der Waals surface area contributed by atoms with Crippen molar-refractivity contribution in [3.05, 3.63) is 29.8 Å². The van der Waals surface area contributed by atoms with Crippen LogP contribution in [-0.4, -0.2) is 34.6 Å². The molecule has 0 saturated carbocycles. The summed E-state index contributed by atoms with van der Waals surface area (Å²) >= 11 is 0. The van der Waals surface area contributed by atoms with Crippen LogP contribution in [0, 0.1) is 6.92 Å². The van der Waals surface area contributed by atoms with Crippen molar-refractivity contribution in [3.63, 3.8) is 0 Å². The standard InChI is InChI=1S/C14H20N4O2/c1-10-5-7-11(8-6-10)16-14(19)18-9-3-2-4-12(18)13(15)17-20/h5-8,12,20H,2-4,9H2,1H3,(H2,15,17)(H,16,19). The van der Waals surface area contributed by atoms with Crippen molar-refractivity contribution in [2.75, 3.05) is 11.9 Å². The predicted octanol–water partition coefficient (Wildman–Crippen LogP) is 2.13. The Kier molecular flexibility index (Phi) is 4.45. The number of carbonyl (C=O) groups excluding carboxylic acids is 1. The van der Waals surface area contributed by atoms with Crippen LogP contribution in [-0.2, 0) is 0 Å². The third-order valence-electron chi connectivity index (χ3n) is 3.52. The zero-order valence-electron chi connectivity index (χ0n) is 11.5. The van der Waals surface area contributed by atoms with Gasteiger partial charge in [0.2, 0.25) is 0 Å². The van der Waals surface area contributed by atoms with Gasteiger partial charge in [0.1, 0.15) is 0 Å². The van der Waals surface area contributed by atoms with Crippen molar-refractivity contribution in [1.82, 2.24) is 4.90 Å². The van der Waals surface area contributed by atoms with E-state index in [1.54, 1.807) is 4.90 Å². The number of carbonyl (C=O) groups is 1. The van der Waals surface area contributed by atoms with Crippen molar-refractivity contribution in [2.24, 2.45) is 10.9 Å². The highest BCUT2D eigenvalue weighted by Gasteiger charge is 2.29. The highest BCUT2D eigenvalue weighted by atomic mass is 16.4. The molecule has 2 amide bonds. The number of nitrogens with one attached hydrogen (secondary N) is 1. The number of hydrogen-bond acceptors (Lipinski definition) is 3. The Morgan fingerprint density at radius 3 is 2.75 bits per heavy atom. The molecule has 1 fully saturated rings. The first-order chi connectivity index (χ1) is 9.61. The van der Waals surface area contributed by atoms with Crippen LogP contribution in [0.3, 0.4) is 0 Å². The minimum atomic E-state index is -0.334. The van der Waals surface area contributed by atoms with Crippen LogP contribution in [0.15, 0.2) is 29.4 Å². The first-order valence-corrected chi connectivity index (χ1v) is 6.73. The van der Waals surface area contributed by atoms with E-state index in [-0.39, 0.29) is 17.9 Å². The number of likely N-dealkylation sites (tertiary alicyclic amines) is 1. The van der Waals surface area contributed by atoms with E-state index >= 15 is 0 Å². The van der Waals surface area contributed by atoms with Gasteiger partial charge in [-0.1, -0.05) is 22.9 Å². The van der Waals surface area contributed by atoms with Crippen molar-refractivity contribution < 1.29 is 10.0 Å². The van der Waals surface area contributed by atoms with Crippen molar-refractivity contribution in [1.29, 1.82) is 0 Å². The van der Waals surface area contributed by atoms with E-state index in [0.29, 0.717) is 6.54 Å². The fourth-order valence-electron chi connectivity index (χ4n) is 2.38. The lowest BCUT2D eigenvalue weighted by atomic mass is 10.0. The van der Waals surface area contributed by atoms with Crippen LogP contribution in [0.5, 0.6) is 0 Å². The summed E-state index contributed by atoms with van der Waals surface area (Å²) < 4.78 is 0. The van der Waals surface area contributed by atoms with Gasteiger partial charge in [0.05, 0.1) is 6.04 Å². The van der Waals surface area contributed by atoms with Gasteiger partial charge in [-0.3, -0.25) is 0 Å². The minimum Gasteiger partial charge on any atom is -0.409 e. The second kappa shape index (κ2) is 6.27. The number of aryl methyl sites for hydroxylation is 1. The van der Waals surface area contributed by atoms with Crippen molar-refractivity contribution in [2.45, 2.75) is 32.2 Å². The Labute approximate surface area is 118 Å². The van der Waals surface area contributed by atoms with E-state index in [0.717, 1.165) is 30.5 Å². The molecule has 1 aliphatic rings. The average molecular weight is 276 g/mol. The summed E-state index contributed by atoms with van der Waals surface area (Å²) in [5.41, 5.74) is 7.54. The molecule has 1 unspecified atom stereocenters. The van der Waals surface area contributed by atoms with E-state index in [2.05, 4.69) is 10.5 Å². The number of hydrogen-bond donors (Lipinski definition) is 3. The largest absolute Gasteiger partial charge is 0.409 e. The van der Waals surface area contributed by atoms with E-state index in [9.17, 15) is 4.79 Å². The van der Waals surface area contributed by atoms with Gasteiger partial charge in [0.25, 0.3) is 0 Å². The molecule has 1 aliphatic heterocycles. The summed E-state index contributed by atoms with van der Waals surface area (Å²) in [7, 11) is 0. The molecule has 6 heteroatoms. The molecule has 0 spiro atoms. The normalized spacial score (nSPS) is 19.8. The van der Waals surface area contributed by atoms with Crippen LogP contribution < -0.4 is 11.1 Å². The number of amides is 2. The molecule has 1 aromatic carbocycles. The molecule has 108 valence electrons. The molecule has 1 saturated heterocycles. The van der Waals surface area contributed by atoms with E-state index in [1.807, 2.05) is 31.2 Å². The SMILES string of the molecule is Cc1ccc(NC(=O)N2CCCCC2C(N)=NO)cc1. The minimum absolute atomic E-state index is 0.0868. The summed E-state index contributed by atoms with van der Waals surface area (Å²) in [5.74, 6) is 0.0868.